The summed E-state index contributed by atoms with van der Waals surface area (Å²) in [5.41, 5.74) is 0. The number of nitrogens with one attached hydrogen (secondary N) is 2. The molecule has 20 heavy (non-hydrogen) atoms. The Morgan fingerprint density at radius 2 is 2.20 bits per heavy atom. The minimum atomic E-state index is -0.0407. The second-order valence-corrected chi connectivity index (χ2v) is 6.84. The largest absolute Gasteiger partial charge is 0.338 e. The van der Waals surface area contributed by atoms with Gasteiger partial charge in [-0.15, -0.1) is 11.3 Å². The summed E-state index contributed by atoms with van der Waals surface area (Å²) in [6.45, 7) is 8.09. The number of hydrogen-bond acceptors (Lipinski definition) is 3. The monoisotopic (exact) mass is 295 g/mol. The van der Waals surface area contributed by atoms with Crippen molar-refractivity contribution in [3.8, 4) is 0 Å². The van der Waals surface area contributed by atoms with E-state index in [0.29, 0.717) is 5.92 Å². The Morgan fingerprint density at radius 3 is 2.80 bits per heavy atom. The van der Waals surface area contributed by atoms with Gasteiger partial charge in [-0.25, -0.2) is 4.79 Å². The number of piperidine rings is 1. The highest BCUT2D eigenvalue weighted by molar-refractivity contribution is 7.09. The number of thiophene rings is 1. The SMILES string of the molecule is CC(C)NC(=O)NCC1CCN(Cc2cccs2)CC1. The van der Waals surface area contributed by atoms with Crippen LogP contribution in [0.4, 0.5) is 4.79 Å². The van der Waals surface area contributed by atoms with Crippen molar-refractivity contribution in [2.75, 3.05) is 19.6 Å². The summed E-state index contributed by atoms with van der Waals surface area (Å²) < 4.78 is 0. The van der Waals surface area contributed by atoms with Gasteiger partial charge in [0.1, 0.15) is 0 Å². The Balaban J connectivity index is 1.63. The molecule has 0 aliphatic carbocycles. The van der Waals surface area contributed by atoms with Crippen molar-refractivity contribution in [1.29, 1.82) is 0 Å². The van der Waals surface area contributed by atoms with E-state index in [9.17, 15) is 4.79 Å². The summed E-state index contributed by atoms with van der Waals surface area (Å²) in [6.07, 6.45) is 2.35. The smallest absolute Gasteiger partial charge is 0.314 e. The van der Waals surface area contributed by atoms with E-state index in [1.165, 1.54) is 17.7 Å². The molecule has 0 spiro atoms. The van der Waals surface area contributed by atoms with E-state index in [2.05, 4.69) is 33.0 Å². The van der Waals surface area contributed by atoms with Crippen molar-refractivity contribution in [3.05, 3.63) is 22.4 Å². The Morgan fingerprint density at radius 1 is 1.45 bits per heavy atom. The lowest BCUT2D eigenvalue weighted by Crippen LogP contribution is -2.43. The van der Waals surface area contributed by atoms with Gasteiger partial charge in [0.05, 0.1) is 0 Å². The maximum Gasteiger partial charge on any atom is 0.314 e. The lowest BCUT2D eigenvalue weighted by molar-refractivity contribution is 0.176. The van der Waals surface area contributed by atoms with Crippen LogP contribution in [-0.2, 0) is 6.54 Å². The summed E-state index contributed by atoms with van der Waals surface area (Å²) in [6, 6.07) is 4.47. The quantitative estimate of drug-likeness (QED) is 0.877. The van der Waals surface area contributed by atoms with Crippen LogP contribution in [0.3, 0.4) is 0 Å². The standard InChI is InChI=1S/C15H25N3OS/c1-12(2)17-15(19)16-10-13-5-7-18(8-6-13)11-14-4-3-9-20-14/h3-4,9,12-13H,5-8,10-11H2,1-2H3,(H2,16,17,19). The van der Waals surface area contributed by atoms with E-state index in [0.717, 1.165) is 26.2 Å². The molecule has 0 aromatic carbocycles. The van der Waals surface area contributed by atoms with Gasteiger partial charge in [-0.3, -0.25) is 4.90 Å². The number of rotatable bonds is 5. The van der Waals surface area contributed by atoms with Crippen molar-refractivity contribution in [3.63, 3.8) is 0 Å². The number of carbonyl (C=O) groups is 1. The van der Waals surface area contributed by atoms with Gasteiger partial charge in [-0.2, -0.15) is 0 Å². The zero-order chi connectivity index (χ0) is 14.4. The lowest BCUT2D eigenvalue weighted by atomic mass is 9.97. The topological polar surface area (TPSA) is 44.4 Å². The third-order valence-corrected chi connectivity index (χ3v) is 4.50. The maximum absolute atomic E-state index is 11.5. The van der Waals surface area contributed by atoms with Gasteiger partial charge in [0.15, 0.2) is 0 Å². The van der Waals surface area contributed by atoms with Crippen LogP contribution in [0.2, 0.25) is 0 Å². The first-order chi connectivity index (χ1) is 9.63. The fourth-order valence-electron chi connectivity index (χ4n) is 2.52. The van der Waals surface area contributed by atoms with Crippen molar-refractivity contribution in [1.82, 2.24) is 15.5 Å². The summed E-state index contributed by atoms with van der Waals surface area (Å²) >= 11 is 1.83. The van der Waals surface area contributed by atoms with Crippen LogP contribution in [0.25, 0.3) is 0 Å². The molecule has 2 N–H and O–H groups in total. The Bertz CT molecular complexity index is 397. The number of amides is 2. The molecule has 1 aromatic heterocycles. The number of nitrogens with zero attached hydrogens (tertiary/aromatic N) is 1. The second-order valence-electron chi connectivity index (χ2n) is 5.81. The van der Waals surface area contributed by atoms with E-state index in [1.54, 1.807) is 0 Å². The first kappa shape index (κ1) is 15.3. The van der Waals surface area contributed by atoms with E-state index in [1.807, 2.05) is 25.2 Å². The van der Waals surface area contributed by atoms with Crippen LogP contribution in [0.5, 0.6) is 0 Å². The molecule has 1 aliphatic rings. The van der Waals surface area contributed by atoms with Gasteiger partial charge in [0.25, 0.3) is 0 Å². The van der Waals surface area contributed by atoms with Gasteiger partial charge in [0.2, 0.25) is 0 Å². The van der Waals surface area contributed by atoms with Crippen LogP contribution in [0, 0.1) is 5.92 Å². The molecule has 0 radical (unpaired) electrons. The fraction of sp³-hybridized carbons (Fsp3) is 0.667. The highest BCUT2D eigenvalue weighted by Crippen LogP contribution is 2.20. The van der Waals surface area contributed by atoms with Gasteiger partial charge in [-0.1, -0.05) is 6.07 Å². The summed E-state index contributed by atoms with van der Waals surface area (Å²) in [5, 5.41) is 7.98. The average molecular weight is 295 g/mol. The third-order valence-electron chi connectivity index (χ3n) is 3.64. The first-order valence-electron chi connectivity index (χ1n) is 7.42. The molecule has 0 atom stereocenters. The van der Waals surface area contributed by atoms with Crippen LogP contribution in [0.15, 0.2) is 17.5 Å². The van der Waals surface area contributed by atoms with Crippen LogP contribution >= 0.6 is 11.3 Å². The lowest BCUT2D eigenvalue weighted by Gasteiger charge is -2.31. The molecule has 0 saturated carbocycles. The molecule has 112 valence electrons. The maximum atomic E-state index is 11.5. The molecule has 5 heteroatoms. The summed E-state index contributed by atoms with van der Waals surface area (Å²) in [4.78, 5) is 15.5. The molecule has 1 aliphatic heterocycles. The molecular formula is C15H25N3OS. The zero-order valence-electron chi connectivity index (χ0n) is 12.4. The highest BCUT2D eigenvalue weighted by atomic mass is 32.1. The van der Waals surface area contributed by atoms with Crippen LogP contribution < -0.4 is 10.6 Å². The highest BCUT2D eigenvalue weighted by Gasteiger charge is 2.19. The van der Waals surface area contributed by atoms with Crippen molar-refractivity contribution >= 4 is 17.4 Å². The number of hydrogen-bond donors (Lipinski definition) is 2. The van der Waals surface area contributed by atoms with E-state index < -0.39 is 0 Å². The molecule has 2 amide bonds. The van der Waals surface area contributed by atoms with E-state index in [4.69, 9.17) is 0 Å². The third kappa shape index (κ3) is 5.13. The molecule has 1 saturated heterocycles. The fourth-order valence-corrected chi connectivity index (χ4v) is 3.27. The predicted octanol–water partition coefficient (Wildman–Crippen LogP) is 2.67. The molecule has 2 rings (SSSR count). The van der Waals surface area contributed by atoms with Gasteiger partial charge >= 0.3 is 6.03 Å². The Labute approximate surface area is 125 Å². The molecule has 2 heterocycles. The molecule has 4 nitrogen and oxygen atoms in total. The molecule has 1 fully saturated rings. The number of urea groups is 1. The van der Waals surface area contributed by atoms with E-state index >= 15 is 0 Å². The molecule has 1 aromatic rings. The van der Waals surface area contributed by atoms with Crippen LogP contribution in [-0.4, -0.2) is 36.6 Å². The Hall–Kier alpha value is -1.07. The summed E-state index contributed by atoms with van der Waals surface area (Å²) in [5.74, 6) is 0.618. The molecule has 0 bridgehead atoms. The molecule has 0 unspecified atom stereocenters. The minimum absolute atomic E-state index is 0.0407. The van der Waals surface area contributed by atoms with Crippen molar-refractivity contribution in [2.24, 2.45) is 5.92 Å². The van der Waals surface area contributed by atoms with Crippen LogP contribution in [0.1, 0.15) is 31.6 Å². The van der Waals surface area contributed by atoms with Gasteiger partial charge in [0, 0.05) is 24.0 Å². The van der Waals surface area contributed by atoms with Crippen molar-refractivity contribution in [2.45, 2.75) is 39.3 Å². The summed E-state index contributed by atoms with van der Waals surface area (Å²) in [7, 11) is 0. The number of likely N-dealkylation sites (tertiary alicyclic amines) is 1. The predicted molar refractivity (Wildman–Crippen MR) is 84.0 cm³/mol. The first-order valence-corrected chi connectivity index (χ1v) is 8.30. The normalized spacial score (nSPS) is 17.4. The Kier molecular flexibility index (Phi) is 5.86. The van der Waals surface area contributed by atoms with E-state index in [-0.39, 0.29) is 12.1 Å². The second kappa shape index (κ2) is 7.64. The molecular weight excluding hydrogens is 270 g/mol. The minimum Gasteiger partial charge on any atom is -0.338 e. The average Bonchev–Trinajstić information content (AvgIpc) is 2.90. The zero-order valence-corrected chi connectivity index (χ0v) is 13.2. The number of carbonyl (C=O) groups excluding carboxylic acids is 1. The van der Waals surface area contributed by atoms with Gasteiger partial charge in [-0.05, 0) is 57.1 Å². The van der Waals surface area contributed by atoms with Gasteiger partial charge < -0.3 is 10.6 Å². The van der Waals surface area contributed by atoms with Crippen molar-refractivity contribution < 1.29 is 4.79 Å².